The zero-order chi connectivity index (χ0) is 15.0. The number of aryl methyl sites for hydroxylation is 1. The van der Waals surface area contributed by atoms with Crippen LogP contribution in [0, 0.1) is 6.92 Å². The molecule has 5 heteroatoms. The molecular formula is C15H25N3O2. The first-order valence-corrected chi connectivity index (χ1v) is 7.02. The number of nitrogens with one attached hydrogen (secondary N) is 1. The van der Waals surface area contributed by atoms with Gasteiger partial charge in [0.05, 0.1) is 24.5 Å². The minimum absolute atomic E-state index is 0.0566. The van der Waals surface area contributed by atoms with E-state index in [1.165, 1.54) is 0 Å². The van der Waals surface area contributed by atoms with Crippen LogP contribution in [0.15, 0.2) is 18.2 Å². The van der Waals surface area contributed by atoms with Gasteiger partial charge in [-0.25, -0.2) is 0 Å². The van der Waals surface area contributed by atoms with Crippen LogP contribution >= 0.6 is 0 Å². The number of likely N-dealkylation sites (N-methyl/N-ethyl adjacent to an activating group) is 1. The van der Waals surface area contributed by atoms with Gasteiger partial charge in [-0.15, -0.1) is 0 Å². The van der Waals surface area contributed by atoms with Gasteiger partial charge in [0.15, 0.2) is 0 Å². The molecular weight excluding hydrogens is 254 g/mol. The summed E-state index contributed by atoms with van der Waals surface area (Å²) in [5, 5.41) is 2.85. The molecule has 0 radical (unpaired) electrons. The van der Waals surface area contributed by atoms with Gasteiger partial charge in [-0.3, -0.25) is 9.69 Å². The molecule has 5 nitrogen and oxygen atoms in total. The Bertz CT molecular complexity index is 435. The number of rotatable bonds is 8. The molecule has 0 fully saturated rings. The van der Waals surface area contributed by atoms with E-state index in [1.807, 2.05) is 43.9 Å². The third kappa shape index (κ3) is 5.59. The van der Waals surface area contributed by atoms with Crippen LogP contribution in [0.5, 0.6) is 0 Å². The zero-order valence-corrected chi connectivity index (χ0v) is 12.6. The predicted molar refractivity (Wildman–Crippen MR) is 82.8 cm³/mol. The number of nitrogens with two attached hydrogens (primary N) is 1. The first kappa shape index (κ1) is 16.5. The van der Waals surface area contributed by atoms with Gasteiger partial charge in [-0.05, 0) is 38.1 Å². The summed E-state index contributed by atoms with van der Waals surface area (Å²) in [4.78, 5) is 14.0. The number of amides is 1. The maximum absolute atomic E-state index is 12.0. The quantitative estimate of drug-likeness (QED) is 0.563. The molecule has 112 valence electrons. The summed E-state index contributed by atoms with van der Waals surface area (Å²) in [6.07, 6.45) is 0. The molecule has 20 heavy (non-hydrogen) atoms. The van der Waals surface area contributed by atoms with Crippen LogP contribution < -0.4 is 11.1 Å². The van der Waals surface area contributed by atoms with Crippen LogP contribution in [0.1, 0.15) is 19.4 Å². The van der Waals surface area contributed by atoms with Gasteiger partial charge in [0.2, 0.25) is 5.91 Å². The molecule has 0 spiro atoms. The van der Waals surface area contributed by atoms with Crippen molar-refractivity contribution in [2.45, 2.75) is 20.8 Å². The Morgan fingerprint density at radius 2 is 2.15 bits per heavy atom. The van der Waals surface area contributed by atoms with Crippen LogP contribution in [0.3, 0.4) is 0 Å². The topological polar surface area (TPSA) is 67.6 Å². The van der Waals surface area contributed by atoms with Crippen LogP contribution in [0.2, 0.25) is 0 Å². The van der Waals surface area contributed by atoms with E-state index < -0.39 is 0 Å². The van der Waals surface area contributed by atoms with Crippen LogP contribution in [-0.2, 0) is 9.53 Å². The summed E-state index contributed by atoms with van der Waals surface area (Å²) in [7, 11) is 0. The summed E-state index contributed by atoms with van der Waals surface area (Å²) in [6.45, 7) is 9.20. The summed E-state index contributed by atoms with van der Waals surface area (Å²) in [6, 6.07) is 5.61. The van der Waals surface area contributed by atoms with Crippen molar-refractivity contribution in [3.05, 3.63) is 23.8 Å². The molecule has 1 rings (SSSR count). The number of hydrogen-bond donors (Lipinski definition) is 2. The van der Waals surface area contributed by atoms with Crippen molar-refractivity contribution in [1.29, 1.82) is 0 Å². The number of benzene rings is 1. The maximum atomic E-state index is 12.0. The molecule has 0 atom stereocenters. The number of ether oxygens (including phenoxy) is 1. The van der Waals surface area contributed by atoms with E-state index in [9.17, 15) is 4.79 Å². The first-order chi connectivity index (χ1) is 9.56. The monoisotopic (exact) mass is 279 g/mol. The van der Waals surface area contributed by atoms with Crippen molar-refractivity contribution >= 4 is 17.3 Å². The van der Waals surface area contributed by atoms with Gasteiger partial charge in [-0.1, -0.05) is 13.0 Å². The zero-order valence-electron chi connectivity index (χ0n) is 12.6. The molecule has 1 aromatic rings. The third-order valence-electron chi connectivity index (χ3n) is 3.05. The molecule has 0 aromatic heterocycles. The summed E-state index contributed by atoms with van der Waals surface area (Å²) in [5.74, 6) is -0.0566. The maximum Gasteiger partial charge on any atom is 0.238 e. The second-order valence-corrected chi connectivity index (χ2v) is 4.70. The van der Waals surface area contributed by atoms with Crippen LogP contribution in [-0.4, -0.2) is 43.7 Å². The lowest BCUT2D eigenvalue weighted by molar-refractivity contribution is -0.117. The largest absolute Gasteiger partial charge is 0.397 e. The lowest BCUT2D eigenvalue weighted by atomic mass is 10.2. The average Bonchev–Trinajstić information content (AvgIpc) is 2.41. The van der Waals surface area contributed by atoms with E-state index in [2.05, 4.69) is 5.32 Å². The van der Waals surface area contributed by atoms with Gasteiger partial charge < -0.3 is 15.8 Å². The Labute approximate surface area is 121 Å². The van der Waals surface area contributed by atoms with E-state index in [0.717, 1.165) is 18.7 Å². The minimum Gasteiger partial charge on any atom is -0.397 e. The first-order valence-electron chi connectivity index (χ1n) is 7.02. The Balaban J connectivity index is 2.48. The van der Waals surface area contributed by atoms with Crippen molar-refractivity contribution in [1.82, 2.24) is 4.90 Å². The van der Waals surface area contributed by atoms with Crippen molar-refractivity contribution in [2.24, 2.45) is 0 Å². The minimum atomic E-state index is -0.0566. The van der Waals surface area contributed by atoms with E-state index in [4.69, 9.17) is 10.5 Å². The van der Waals surface area contributed by atoms with Crippen LogP contribution in [0.25, 0.3) is 0 Å². The highest BCUT2D eigenvalue weighted by Crippen LogP contribution is 2.19. The number of carbonyl (C=O) groups is 1. The van der Waals surface area contributed by atoms with Gasteiger partial charge in [-0.2, -0.15) is 0 Å². The Morgan fingerprint density at radius 1 is 1.40 bits per heavy atom. The number of nitrogens with zero attached hydrogens (tertiary/aromatic N) is 1. The molecule has 0 saturated heterocycles. The highest BCUT2D eigenvalue weighted by atomic mass is 16.5. The lowest BCUT2D eigenvalue weighted by Crippen LogP contribution is -2.35. The molecule has 0 heterocycles. The van der Waals surface area contributed by atoms with Gasteiger partial charge >= 0.3 is 0 Å². The Hall–Kier alpha value is -1.59. The van der Waals surface area contributed by atoms with E-state index >= 15 is 0 Å². The fourth-order valence-corrected chi connectivity index (χ4v) is 1.88. The molecule has 0 aliphatic heterocycles. The molecule has 3 N–H and O–H groups in total. The summed E-state index contributed by atoms with van der Waals surface area (Å²) in [5.41, 5.74) is 8.22. The van der Waals surface area contributed by atoms with Crippen LogP contribution in [0.4, 0.5) is 11.4 Å². The molecule has 0 aliphatic rings. The van der Waals surface area contributed by atoms with Crippen molar-refractivity contribution in [3.8, 4) is 0 Å². The molecule has 0 unspecified atom stereocenters. The van der Waals surface area contributed by atoms with Gasteiger partial charge in [0.1, 0.15) is 0 Å². The lowest BCUT2D eigenvalue weighted by Gasteiger charge is -2.20. The summed E-state index contributed by atoms with van der Waals surface area (Å²) >= 11 is 0. The van der Waals surface area contributed by atoms with E-state index in [1.54, 1.807) is 0 Å². The average molecular weight is 279 g/mol. The standard InChI is InChI=1S/C15H25N3O2/c1-4-18(8-9-20-5-2)11-15(19)17-14-7-6-12(3)10-13(14)16/h6-7,10H,4-5,8-9,11,16H2,1-3H3,(H,17,19). The normalized spacial score (nSPS) is 10.8. The van der Waals surface area contributed by atoms with E-state index in [-0.39, 0.29) is 5.91 Å². The van der Waals surface area contributed by atoms with Gasteiger partial charge in [0.25, 0.3) is 0 Å². The van der Waals surface area contributed by atoms with Gasteiger partial charge in [0, 0.05) is 13.2 Å². The third-order valence-corrected chi connectivity index (χ3v) is 3.05. The second-order valence-electron chi connectivity index (χ2n) is 4.70. The Morgan fingerprint density at radius 3 is 2.75 bits per heavy atom. The number of hydrogen-bond acceptors (Lipinski definition) is 4. The highest BCUT2D eigenvalue weighted by molar-refractivity contribution is 5.95. The molecule has 0 bridgehead atoms. The highest BCUT2D eigenvalue weighted by Gasteiger charge is 2.10. The molecule has 1 amide bonds. The molecule has 0 aliphatic carbocycles. The van der Waals surface area contributed by atoms with Crippen molar-refractivity contribution in [2.75, 3.05) is 43.9 Å². The second kappa shape index (κ2) is 8.55. The number of anilines is 2. The van der Waals surface area contributed by atoms with E-state index in [0.29, 0.717) is 31.1 Å². The predicted octanol–water partition coefficient (Wildman–Crippen LogP) is 1.87. The molecule has 0 saturated carbocycles. The number of carbonyl (C=O) groups excluding carboxylic acids is 1. The Kier molecular flexibility index (Phi) is 7.04. The fourth-order valence-electron chi connectivity index (χ4n) is 1.88. The van der Waals surface area contributed by atoms with Crippen molar-refractivity contribution in [3.63, 3.8) is 0 Å². The fraction of sp³-hybridized carbons (Fsp3) is 0.533. The summed E-state index contributed by atoms with van der Waals surface area (Å²) < 4.78 is 5.30. The molecule has 1 aromatic carbocycles. The number of nitrogen functional groups attached to an aromatic ring is 1. The SMILES string of the molecule is CCOCCN(CC)CC(=O)Nc1ccc(C)cc1N. The van der Waals surface area contributed by atoms with Crippen molar-refractivity contribution < 1.29 is 9.53 Å². The smallest absolute Gasteiger partial charge is 0.238 e.